The molecule has 1 atom stereocenters. The Morgan fingerprint density at radius 3 is 2.72 bits per heavy atom. The fourth-order valence-corrected chi connectivity index (χ4v) is 4.72. The molecule has 0 radical (unpaired) electrons. The number of benzene rings is 2. The van der Waals surface area contributed by atoms with Gasteiger partial charge in [-0.2, -0.15) is 5.10 Å². The van der Waals surface area contributed by atoms with Crippen LogP contribution in [0.1, 0.15) is 18.4 Å². The number of rotatable bonds is 6. The summed E-state index contributed by atoms with van der Waals surface area (Å²) in [4.78, 5) is 20.3. The molecular weight excluding hydrogens is 464 g/mol. The molecule has 1 saturated heterocycles. The van der Waals surface area contributed by atoms with Crippen molar-refractivity contribution in [1.82, 2.24) is 14.7 Å². The van der Waals surface area contributed by atoms with Crippen LogP contribution in [0.3, 0.4) is 0 Å². The summed E-state index contributed by atoms with van der Waals surface area (Å²) in [6, 6.07) is 14.4. The van der Waals surface area contributed by atoms with Gasteiger partial charge in [-0.15, -0.1) is 0 Å². The second kappa shape index (κ2) is 10.4. The zero-order chi connectivity index (χ0) is 25.1. The highest BCUT2D eigenvalue weighted by molar-refractivity contribution is 6.26. The van der Waals surface area contributed by atoms with Gasteiger partial charge in [-0.25, -0.2) is 8.78 Å². The number of hydrogen-bond acceptors (Lipinski definition) is 5. The van der Waals surface area contributed by atoms with E-state index in [0.29, 0.717) is 48.9 Å². The maximum atomic E-state index is 14.2. The zero-order valence-electron chi connectivity index (χ0n) is 19.7. The molecule has 0 saturated carbocycles. The van der Waals surface area contributed by atoms with Gasteiger partial charge in [0.15, 0.2) is 0 Å². The average Bonchev–Trinajstić information content (AvgIpc) is 3.55. The SMILES string of the molecule is N/C(=C(/C(=O)N1CCCC1Cn1ccc(-c2ccc(F)cc2F)n1)C1=NCCOC1)c1ccccc1. The number of likely N-dealkylation sites (tertiary alicyclic amines) is 1. The molecule has 1 fully saturated rings. The lowest BCUT2D eigenvalue weighted by atomic mass is 10.0. The largest absolute Gasteiger partial charge is 0.398 e. The van der Waals surface area contributed by atoms with Crippen molar-refractivity contribution >= 4 is 17.3 Å². The number of carbonyl (C=O) groups excluding carboxylic acids is 1. The minimum atomic E-state index is -0.667. The molecule has 3 aromatic rings. The summed E-state index contributed by atoms with van der Waals surface area (Å²) in [7, 11) is 0. The summed E-state index contributed by atoms with van der Waals surface area (Å²) in [6.45, 7) is 2.26. The predicted molar refractivity (Wildman–Crippen MR) is 133 cm³/mol. The first-order valence-corrected chi connectivity index (χ1v) is 12.0. The third kappa shape index (κ3) is 4.92. The number of aromatic nitrogens is 2. The Labute approximate surface area is 207 Å². The highest BCUT2D eigenvalue weighted by Gasteiger charge is 2.34. The number of nitrogens with zero attached hydrogens (tertiary/aromatic N) is 4. The van der Waals surface area contributed by atoms with Crippen LogP contribution in [0.4, 0.5) is 8.78 Å². The topological polar surface area (TPSA) is 85.7 Å². The number of amides is 1. The molecule has 0 aliphatic carbocycles. The molecule has 186 valence electrons. The summed E-state index contributed by atoms with van der Waals surface area (Å²) >= 11 is 0. The normalized spacial score (nSPS) is 18.7. The monoisotopic (exact) mass is 491 g/mol. The number of nitrogens with two attached hydrogens (primary N) is 1. The molecule has 7 nitrogen and oxygen atoms in total. The van der Waals surface area contributed by atoms with E-state index in [2.05, 4.69) is 10.1 Å². The van der Waals surface area contributed by atoms with E-state index in [4.69, 9.17) is 10.5 Å². The van der Waals surface area contributed by atoms with E-state index >= 15 is 0 Å². The van der Waals surface area contributed by atoms with Gasteiger partial charge >= 0.3 is 0 Å². The predicted octanol–water partition coefficient (Wildman–Crippen LogP) is 3.66. The van der Waals surface area contributed by atoms with Crippen LogP contribution in [0.15, 0.2) is 71.4 Å². The van der Waals surface area contributed by atoms with E-state index in [1.165, 1.54) is 12.1 Å². The fourth-order valence-electron chi connectivity index (χ4n) is 4.72. The number of ether oxygens (including phenoxy) is 1. The number of aliphatic imine (C=N–C) groups is 1. The number of halogens is 2. The minimum Gasteiger partial charge on any atom is -0.398 e. The van der Waals surface area contributed by atoms with E-state index in [1.54, 1.807) is 16.9 Å². The van der Waals surface area contributed by atoms with Crippen LogP contribution in [0.25, 0.3) is 17.0 Å². The second-order valence-electron chi connectivity index (χ2n) is 8.88. The van der Waals surface area contributed by atoms with Gasteiger partial charge in [0.1, 0.15) is 11.6 Å². The van der Waals surface area contributed by atoms with Crippen molar-refractivity contribution in [3.8, 4) is 11.3 Å². The van der Waals surface area contributed by atoms with Gasteiger partial charge in [0.2, 0.25) is 0 Å². The van der Waals surface area contributed by atoms with Crippen molar-refractivity contribution in [3.05, 3.63) is 83.6 Å². The van der Waals surface area contributed by atoms with Gasteiger partial charge in [0.05, 0.1) is 55.0 Å². The third-order valence-corrected chi connectivity index (χ3v) is 6.52. The lowest BCUT2D eigenvalue weighted by Crippen LogP contribution is -2.42. The smallest absolute Gasteiger partial charge is 0.258 e. The van der Waals surface area contributed by atoms with E-state index in [-0.39, 0.29) is 24.1 Å². The van der Waals surface area contributed by atoms with E-state index in [1.807, 2.05) is 35.2 Å². The van der Waals surface area contributed by atoms with Crippen molar-refractivity contribution in [2.45, 2.75) is 25.4 Å². The van der Waals surface area contributed by atoms with Gasteiger partial charge in [0, 0.05) is 24.4 Å². The van der Waals surface area contributed by atoms with Crippen molar-refractivity contribution < 1.29 is 18.3 Å². The summed E-state index contributed by atoms with van der Waals surface area (Å²) < 4.78 is 34.8. The molecule has 9 heteroatoms. The Kier molecular flexibility index (Phi) is 6.90. The molecule has 1 amide bonds. The summed E-state index contributed by atoms with van der Waals surface area (Å²) in [5.41, 5.74) is 9.25. The van der Waals surface area contributed by atoms with Crippen LogP contribution in [0, 0.1) is 11.6 Å². The van der Waals surface area contributed by atoms with Crippen LogP contribution < -0.4 is 5.73 Å². The van der Waals surface area contributed by atoms with Crippen LogP contribution in [0.2, 0.25) is 0 Å². The standard InChI is InChI=1S/C27H27F2N5O2/c28-19-8-9-21(22(29)15-19)23-10-13-33(32-23)16-20-7-4-12-34(20)27(35)25(24-17-36-14-11-31-24)26(30)18-5-2-1-3-6-18/h1-3,5-6,8-10,13,15,20H,4,7,11-12,14,16-17,30H2/b26-25+. The molecule has 2 aliphatic heterocycles. The van der Waals surface area contributed by atoms with E-state index in [9.17, 15) is 13.6 Å². The summed E-state index contributed by atoms with van der Waals surface area (Å²) in [5, 5.41) is 4.48. The third-order valence-electron chi connectivity index (χ3n) is 6.52. The van der Waals surface area contributed by atoms with Gasteiger partial charge in [-0.3, -0.25) is 14.5 Å². The van der Waals surface area contributed by atoms with Gasteiger partial charge in [-0.05, 0) is 36.6 Å². The molecule has 3 heterocycles. The maximum absolute atomic E-state index is 14.2. The van der Waals surface area contributed by atoms with Crippen molar-refractivity contribution in [2.75, 3.05) is 26.3 Å². The molecule has 5 rings (SSSR count). The first-order valence-electron chi connectivity index (χ1n) is 12.0. The zero-order valence-corrected chi connectivity index (χ0v) is 19.7. The lowest BCUT2D eigenvalue weighted by Gasteiger charge is -2.28. The van der Waals surface area contributed by atoms with Crippen molar-refractivity contribution in [1.29, 1.82) is 0 Å². The summed E-state index contributed by atoms with van der Waals surface area (Å²) in [6.07, 6.45) is 3.39. The van der Waals surface area contributed by atoms with Crippen molar-refractivity contribution in [2.24, 2.45) is 10.7 Å². The Hall–Kier alpha value is -3.85. The van der Waals surface area contributed by atoms with Crippen LogP contribution >= 0.6 is 0 Å². The number of hydrogen-bond donors (Lipinski definition) is 1. The fraction of sp³-hybridized carbons (Fsp3) is 0.296. The van der Waals surface area contributed by atoms with Gasteiger partial charge < -0.3 is 15.4 Å². The molecule has 0 spiro atoms. The number of carbonyl (C=O) groups is 1. The van der Waals surface area contributed by atoms with E-state index < -0.39 is 11.6 Å². The Balaban J connectivity index is 1.41. The second-order valence-corrected chi connectivity index (χ2v) is 8.88. The Morgan fingerprint density at radius 2 is 1.97 bits per heavy atom. The molecule has 1 aromatic heterocycles. The first kappa shape index (κ1) is 23.9. The highest BCUT2D eigenvalue weighted by atomic mass is 19.1. The van der Waals surface area contributed by atoms with Crippen LogP contribution in [-0.4, -0.2) is 58.6 Å². The molecule has 1 unspecified atom stereocenters. The molecule has 0 bridgehead atoms. The highest BCUT2D eigenvalue weighted by Crippen LogP contribution is 2.26. The molecule has 36 heavy (non-hydrogen) atoms. The van der Waals surface area contributed by atoms with Crippen molar-refractivity contribution in [3.63, 3.8) is 0 Å². The maximum Gasteiger partial charge on any atom is 0.258 e. The minimum absolute atomic E-state index is 0.119. The summed E-state index contributed by atoms with van der Waals surface area (Å²) in [5.74, 6) is -1.48. The van der Waals surface area contributed by atoms with Crippen LogP contribution in [-0.2, 0) is 16.1 Å². The Morgan fingerprint density at radius 1 is 1.14 bits per heavy atom. The molecule has 2 aromatic carbocycles. The lowest BCUT2D eigenvalue weighted by molar-refractivity contribution is -0.127. The molecule has 2 aliphatic rings. The van der Waals surface area contributed by atoms with Crippen LogP contribution in [0.5, 0.6) is 0 Å². The molecular formula is C27H27F2N5O2. The van der Waals surface area contributed by atoms with E-state index in [0.717, 1.165) is 24.5 Å². The van der Waals surface area contributed by atoms with Gasteiger partial charge in [-0.1, -0.05) is 30.3 Å². The quantitative estimate of drug-likeness (QED) is 0.534. The first-order chi connectivity index (χ1) is 17.5. The molecule has 2 N–H and O–H groups in total. The average molecular weight is 492 g/mol. The Bertz CT molecular complexity index is 1320. The van der Waals surface area contributed by atoms with Gasteiger partial charge in [0.25, 0.3) is 5.91 Å².